The number of aromatic nitrogens is 3. The van der Waals surface area contributed by atoms with Gasteiger partial charge in [-0.1, -0.05) is 15.9 Å². The predicted molar refractivity (Wildman–Crippen MR) is 80.5 cm³/mol. The number of hydrogen-bond donors (Lipinski definition) is 1. The van der Waals surface area contributed by atoms with Crippen LogP contribution in [-0.4, -0.2) is 28.0 Å². The summed E-state index contributed by atoms with van der Waals surface area (Å²) in [5, 5.41) is 1.15. The first-order valence-electron chi connectivity index (χ1n) is 6.50. The molecule has 4 nitrogen and oxygen atoms in total. The maximum Gasteiger partial charge on any atom is 0.156 e. The predicted octanol–water partition coefficient (Wildman–Crippen LogP) is 3.47. The topological polar surface area (TPSA) is 44.8 Å². The average molecular weight is 317 g/mol. The minimum absolute atomic E-state index is 1.01. The summed E-state index contributed by atoms with van der Waals surface area (Å²) in [4.78, 5) is 14.7. The largest absolute Gasteiger partial charge is 0.355 e. The number of benzene rings is 1. The summed E-state index contributed by atoms with van der Waals surface area (Å²) in [6.07, 6.45) is 4.17. The van der Waals surface area contributed by atoms with Gasteiger partial charge in [0, 0.05) is 28.5 Å². The normalized spacial score (nSPS) is 15.7. The van der Waals surface area contributed by atoms with E-state index in [0.29, 0.717) is 0 Å². The highest BCUT2D eigenvalue weighted by molar-refractivity contribution is 9.10. The number of anilines is 1. The minimum Gasteiger partial charge on any atom is -0.355 e. The van der Waals surface area contributed by atoms with Crippen molar-refractivity contribution in [3.05, 3.63) is 29.0 Å². The van der Waals surface area contributed by atoms with E-state index in [0.717, 1.165) is 45.3 Å². The summed E-state index contributed by atoms with van der Waals surface area (Å²) in [5.74, 6) is 1.04. The molecule has 0 atom stereocenters. The van der Waals surface area contributed by atoms with Crippen LogP contribution < -0.4 is 4.90 Å². The first-order valence-corrected chi connectivity index (χ1v) is 7.29. The maximum absolute atomic E-state index is 4.48. The smallest absolute Gasteiger partial charge is 0.156 e. The molecule has 1 aromatic carbocycles. The van der Waals surface area contributed by atoms with Crippen LogP contribution in [0.1, 0.15) is 12.8 Å². The highest BCUT2D eigenvalue weighted by atomic mass is 79.9. The molecule has 3 aromatic rings. The Kier molecular flexibility index (Phi) is 2.48. The van der Waals surface area contributed by atoms with Crippen molar-refractivity contribution < 1.29 is 0 Å². The Hall–Kier alpha value is -1.62. The summed E-state index contributed by atoms with van der Waals surface area (Å²) < 4.78 is 1.07. The van der Waals surface area contributed by atoms with Crippen LogP contribution in [0.2, 0.25) is 0 Å². The molecule has 96 valence electrons. The first-order chi connectivity index (χ1) is 9.33. The number of nitrogens with one attached hydrogen (secondary N) is 1. The van der Waals surface area contributed by atoms with E-state index in [-0.39, 0.29) is 0 Å². The Balaban J connectivity index is 2.02. The van der Waals surface area contributed by atoms with Gasteiger partial charge in [-0.3, -0.25) is 0 Å². The molecule has 3 heterocycles. The van der Waals surface area contributed by atoms with Gasteiger partial charge < -0.3 is 9.88 Å². The molecule has 4 rings (SSSR count). The molecular formula is C14H13BrN4. The van der Waals surface area contributed by atoms with Gasteiger partial charge in [0.05, 0.1) is 0 Å². The molecule has 19 heavy (non-hydrogen) atoms. The average Bonchev–Trinajstić information content (AvgIpc) is 3.05. The molecule has 0 bridgehead atoms. The first kappa shape index (κ1) is 11.2. The maximum atomic E-state index is 4.48. The minimum atomic E-state index is 1.01. The van der Waals surface area contributed by atoms with Crippen molar-refractivity contribution in [3.63, 3.8) is 0 Å². The van der Waals surface area contributed by atoms with Gasteiger partial charge in [-0.2, -0.15) is 0 Å². The molecule has 1 N–H and O–H groups in total. The van der Waals surface area contributed by atoms with E-state index in [1.165, 1.54) is 12.8 Å². The van der Waals surface area contributed by atoms with E-state index < -0.39 is 0 Å². The zero-order valence-corrected chi connectivity index (χ0v) is 11.9. The van der Waals surface area contributed by atoms with Crippen LogP contribution in [0.15, 0.2) is 29.0 Å². The van der Waals surface area contributed by atoms with E-state index in [1.807, 2.05) is 6.07 Å². The number of nitrogens with zero attached hydrogens (tertiary/aromatic N) is 3. The summed E-state index contributed by atoms with van der Waals surface area (Å²) >= 11 is 3.52. The van der Waals surface area contributed by atoms with E-state index in [9.17, 15) is 0 Å². The molecule has 1 fully saturated rings. The molecular weight excluding hydrogens is 304 g/mol. The van der Waals surface area contributed by atoms with Gasteiger partial charge in [-0.05, 0) is 31.0 Å². The Morgan fingerprint density at radius 1 is 1.16 bits per heavy atom. The van der Waals surface area contributed by atoms with Gasteiger partial charge in [0.25, 0.3) is 0 Å². The Morgan fingerprint density at radius 2 is 2.00 bits per heavy atom. The highest BCUT2D eigenvalue weighted by Crippen LogP contribution is 2.31. The van der Waals surface area contributed by atoms with Crippen LogP contribution in [0.4, 0.5) is 5.82 Å². The van der Waals surface area contributed by atoms with Crippen molar-refractivity contribution in [2.45, 2.75) is 12.8 Å². The van der Waals surface area contributed by atoms with Crippen LogP contribution >= 0.6 is 15.9 Å². The van der Waals surface area contributed by atoms with Gasteiger partial charge in [0.2, 0.25) is 0 Å². The third-order valence-electron chi connectivity index (χ3n) is 3.73. The number of hydrogen-bond acceptors (Lipinski definition) is 3. The lowest BCUT2D eigenvalue weighted by molar-refractivity contribution is 0.937. The molecule has 0 spiro atoms. The van der Waals surface area contributed by atoms with Crippen molar-refractivity contribution in [1.82, 2.24) is 15.0 Å². The molecule has 1 saturated heterocycles. The van der Waals surface area contributed by atoms with Crippen molar-refractivity contribution in [2.75, 3.05) is 18.0 Å². The van der Waals surface area contributed by atoms with E-state index in [1.54, 1.807) is 6.33 Å². The van der Waals surface area contributed by atoms with Gasteiger partial charge in [0.1, 0.15) is 17.4 Å². The second-order valence-corrected chi connectivity index (χ2v) is 5.85. The van der Waals surface area contributed by atoms with Crippen LogP contribution in [0.25, 0.3) is 21.9 Å². The number of H-pyrrole nitrogens is 1. The van der Waals surface area contributed by atoms with E-state index in [4.69, 9.17) is 0 Å². The number of halogens is 1. The lowest BCUT2D eigenvalue weighted by Crippen LogP contribution is -2.19. The molecule has 0 amide bonds. The summed E-state index contributed by atoms with van der Waals surface area (Å²) in [7, 11) is 0. The Bertz CT molecular complexity index is 759. The number of rotatable bonds is 1. The van der Waals surface area contributed by atoms with Crippen LogP contribution in [-0.2, 0) is 0 Å². The summed E-state index contributed by atoms with van der Waals surface area (Å²) in [6, 6.07) is 6.23. The molecule has 0 unspecified atom stereocenters. The van der Waals surface area contributed by atoms with E-state index in [2.05, 4.69) is 47.9 Å². The second-order valence-electron chi connectivity index (χ2n) is 4.93. The monoisotopic (exact) mass is 316 g/mol. The molecule has 0 radical (unpaired) electrons. The van der Waals surface area contributed by atoms with Gasteiger partial charge >= 0.3 is 0 Å². The standard InChI is InChI=1S/C14H13BrN4/c15-9-3-4-11-10(7-9)12-13(18-11)14(17-8-16-12)19-5-1-2-6-19/h3-4,7-8,18H,1-2,5-6H2. The van der Waals surface area contributed by atoms with Gasteiger partial charge in [0.15, 0.2) is 5.82 Å². The molecule has 1 aliphatic rings. The third-order valence-corrected chi connectivity index (χ3v) is 4.22. The zero-order chi connectivity index (χ0) is 12.8. The Labute approximate surface area is 119 Å². The fraction of sp³-hybridized carbons (Fsp3) is 0.286. The van der Waals surface area contributed by atoms with E-state index >= 15 is 0 Å². The lowest BCUT2D eigenvalue weighted by Gasteiger charge is -2.16. The SMILES string of the molecule is Brc1ccc2[nH]c3c(N4CCCC4)ncnc3c2c1. The number of aromatic amines is 1. The van der Waals surface area contributed by atoms with Gasteiger partial charge in [-0.15, -0.1) is 0 Å². The van der Waals surface area contributed by atoms with Gasteiger partial charge in [-0.25, -0.2) is 9.97 Å². The Morgan fingerprint density at radius 3 is 2.84 bits per heavy atom. The molecule has 1 aliphatic heterocycles. The summed E-state index contributed by atoms with van der Waals surface area (Å²) in [5.41, 5.74) is 3.17. The van der Waals surface area contributed by atoms with Crippen molar-refractivity contribution >= 4 is 43.7 Å². The van der Waals surface area contributed by atoms with Crippen molar-refractivity contribution in [3.8, 4) is 0 Å². The molecule has 0 aliphatic carbocycles. The second kappa shape index (κ2) is 4.20. The molecule has 5 heteroatoms. The zero-order valence-electron chi connectivity index (χ0n) is 10.4. The van der Waals surface area contributed by atoms with Crippen molar-refractivity contribution in [2.24, 2.45) is 0 Å². The van der Waals surface area contributed by atoms with Crippen LogP contribution in [0.5, 0.6) is 0 Å². The number of fused-ring (bicyclic) bond motifs is 3. The summed E-state index contributed by atoms with van der Waals surface area (Å²) in [6.45, 7) is 2.18. The fourth-order valence-electron chi connectivity index (χ4n) is 2.82. The highest BCUT2D eigenvalue weighted by Gasteiger charge is 2.18. The van der Waals surface area contributed by atoms with Crippen molar-refractivity contribution in [1.29, 1.82) is 0 Å². The quantitative estimate of drug-likeness (QED) is 0.747. The molecule has 0 saturated carbocycles. The van der Waals surface area contributed by atoms with Crippen LogP contribution in [0.3, 0.4) is 0 Å². The van der Waals surface area contributed by atoms with Crippen LogP contribution in [0, 0.1) is 0 Å². The molecule has 2 aromatic heterocycles. The fourth-order valence-corrected chi connectivity index (χ4v) is 3.18. The lowest BCUT2D eigenvalue weighted by atomic mass is 10.2. The third kappa shape index (κ3) is 1.72.